The maximum Gasteiger partial charge on any atom is 0.161 e. The van der Waals surface area contributed by atoms with Crippen molar-refractivity contribution < 1.29 is 61.9 Å². The zero-order valence-electron chi connectivity index (χ0n) is 53.6. The van der Waals surface area contributed by atoms with Crippen molar-refractivity contribution in [3.63, 3.8) is 0 Å². The van der Waals surface area contributed by atoms with Gasteiger partial charge in [-0.3, -0.25) is 14.7 Å². The number of fused-ring (bicyclic) bond motifs is 4. The maximum atomic E-state index is 10.3. The molecule has 0 bridgehead atoms. The van der Waals surface area contributed by atoms with E-state index in [9.17, 15) is 5.11 Å². The second-order valence-corrected chi connectivity index (χ2v) is 22.2. The van der Waals surface area contributed by atoms with Crippen molar-refractivity contribution >= 4 is 5.69 Å². The SMILES string of the molecule is COc1ccc(CN2COc3c(C)c(C)c(O)c(C)c3C2)cc1OC.COc1ccc(CN2COc3ccc(C)cc3C2)cc1OC.COc1ccc(N2COc3ccc(C)cc3C2)cc1.COc1ccc2c(c1)CN(Cc1ccc(OC)c(OC)c1)CO2. The van der Waals surface area contributed by atoms with Crippen molar-refractivity contribution in [3.8, 4) is 74.7 Å². The highest BCUT2D eigenvalue weighted by Crippen LogP contribution is 2.41. The summed E-state index contributed by atoms with van der Waals surface area (Å²) in [5, 5.41) is 10.3. The third kappa shape index (κ3) is 15.9. The molecule has 89 heavy (non-hydrogen) atoms. The molecule has 4 heterocycles. The molecule has 1 N–H and O–H groups in total. The summed E-state index contributed by atoms with van der Waals surface area (Å²) in [6.45, 7) is 18.0. The van der Waals surface area contributed by atoms with E-state index in [1.54, 1.807) is 56.9 Å². The summed E-state index contributed by atoms with van der Waals surface area (Å²) >= 11 is 0. The fourth-order valence-corrected chi connectivity index (χ4v) is 11.1. The number of methoxy groups -OCH3 is 8. The molecule has 0 unspecified atom stereocenters. The Labute approximate surface area is 524 Å². The molecule has 12 rings (SSSR count). The average Bonchev–Trinajstić information content (AvgIpc) is 1.47. The fraction of sp³-hybridized carbons (Fsp3) is 0.333. The molecule has 8 aromatic rings. The summed E-state index contributed by atoms with van der Waals surface area (Å²) in [5.74, 6) is 10.3. The fourth-order valence-electron chi connectivity index (χ4n) is 11.1. The molecular formula is C72H84N4O13. The van der Waals surface area contributed by atoms with Gasteiger partial charge in [-0.1, -0.05) is 53.6 Å². The van der Waals surface area contributed by atoms with E-state index in [2.05, 4.69) is 88.0 Å². The van der Waals surface area contributed by atoms with E-state index >= 15 is 0 Å². The summed E-state index contributed by atoms with van der Waals surface area (Å²) in [6.07, 6.45) is 0. The number of nitrogens with zero attached hydrogens (tertiary/aromatic N) is 4. The molecule has 0 fully saturated rings. The van der Waals surface area contributed by atoms with Crippen LogP contribution in [0.25, 0.3) is 0 Å². The lowest BCUT2D eigenvalue weighted by atomic mass is 9.96. The predicted molar refractivity (Wildman–Crippen MR) is 345 cm³/mol. The number of rotatable bonds is 15. The van der Waals surface area contributed by atoms with Crippen molar-refractivity contribution in [3.05, 3.63) is 200 Å². The number of anilines is 1. The van der Waals surface area contributed by atoms with Gasteiger partial charge in [0.15, 0.2) is 41.2 Å². The maximum absolute atomic E-state index is 10.3. The number of hydrogen-bond acceptors (Lipinski definition) is 17. The van der Waals surface area contributed by atoms with E-state index in [0.717, 1.165) is 159 Å². The predicted octanol–water partition coefficient (Wildman–Crippen LogP) is 13.5. The van der Waals surface area contributed by atoms with Gasteiger partial charge in [0.25, 0.3) is 0 Å². The van der Waals surface area contributed by atoms with Gasteiger partial charge < -0.3 is 66.8 Å². The molecule has 8 aromatic carbocycles. The zero-order chi connectivity index (χ0) is 63.1. The van der Waals surface area contributed by atoms with Crippen molar-refractivity contribution in [2.75, 3.05) is 88.7 Å². The summed E-state index contributed by atoms with van der Waals surface area (Å²) in [7, 11) is 13.2. The van der Waals surface area contributed by atoms with Gasteiger partial charge in [0.05, 0.1) is 56.9 Å². The number of phenolic OH excluding ortho intramolecular Hbond substituents is 1. The molecule has 4 aliphatic rings. The molecule has 470 valence electrons. The van der Waals surface area contributed by atoms with Gasteiger partial charge in [0.1, 0.15) is 60.4 Å². The molecule has 0 spiro atoms. The van der Waals surface area contributed by atoms with Crippen LogP contribution in [0.15, 0.2) is 133 Å². The van der Waals surface area contributed by atoms with Crippen LogP contribution in [0, 0.1) is 34.6 Å². The third-order valence-corrected chi connectivity index (χ3v) is 16.1. The molecule has 0 aliphatic carbocycles. The smallest absolute Gasteiger partial charge is 0.161 e. The Kier molecular flexibility index (Phi) is 21.8. The van der Waals surface area contributed by atoms with Gasteiger partial charge in [-0.25, -0.2) is 0 Å². The lowest BCUT2D eigenvalue weighted by Crippen LogP contribution is -2.32. The van der Waals surface area contributed by atoms with Gasteiger partial charge in [-0.2, -0.15) is 0 Å². The van der Waals surface area contributed by atoms with Crippen LogP contribution in [0.2, 0.25) is 0 Å². The summed E-state index contributed by atoms with van der Waals surface area (Å²) in [6, 6.07) is 44.5. The monoisotopic (exact) mass is 1210 g/mol. The van der Waals surface area contributed by atoms with Gasteiger partial charge >= 0.3 is 0 Å². The van der Waals surface area contributed by atoms with Crippen molar-refractivity contribution in [1.82, 2.24) is 14.7 Å². The molecule has 0 saturated carbocycles. The van der Waals surface area contributed by atoms with Crippen LogP contribution in [0.3, 0.4) is 0 Å². The van der Waals surface area contributed by atoms with E-state index in [1.807, 2.05) is 99.6 Å². The molecule has 17 heteroatoms. The minimum absolute atomic E-state index is 0.368. The van der Waals surface area contributed by atoms with Crippen LogP contribution in [0.4, 0.5) is 5.69 Å². The van der Waals surface area contributed by atoms with Crippen molar-refractivity contribution in [1.29, 1.82) is 0 Å². The number of aromatic hydroxyl groups is 1. The lowest BCUT2D eigenvalue weighted by Gasteiger charge is -2.32. The molecule has 0 atom stereocenters. The first-order chi connectivity index (χ1) is 43.1. The summed E-state index contributed by atoms with van der Waals surface area (Å²) in [4.78, 5) is 8.90. The Morgan fingerprint density at radius 1 is 0.360 bits per heavy atom. The first-order valence-corrected chi connectivity index (χ1v) is 29.5. The molecule has 0 saturated heterocycles. The van der Waals surface area contributed by atoms with Gasteiger partial charge in [0, 0.05) is 73.8 Å². The summed E-state index contributed by atoms with van der Waals surface area (Å²) < 4.78 is 65.9. The second kappa shape index (κ2) is 30.2. The molecule has 0 aromatic heterocycles. The Hall–Kier alpha value is -9.16. The number of aryl methyl sites for hydroxylation is 2. The first kappa shape index (κ1) is 64.3. The van der Waals surface area contributed by atoms with Crippen molar-refractivity contribution in [2.24, 2.45) is 0 Å². The molecule has 0 amide bonds. The second-order valence-electron chi connectivity index (χ2n) is 22.2. The Morgan fingerprint density at radius 3 is 1.22 bits per heavy atom. The third-order valence-electron chi connectivity index (χ3n) is 16.1. The van der Waals surface area contributed by atoms with Crippen LogP contribution >= 0.6 is 0 Å². The van der Waals surface area contributed by atoms with Crippen LogP contribution in [0.5, 0.6) is 74.7 Å². The minimum atomic E-state index is 0.368. The molecule has 0 radical (unpaired) electrons. The van der Waals surface area contributed by atoms with Gasteiger partial charge in [-0.15, -0.1) is 0 Å². The van der Waals surface area contributed by atoms with Crippen LogP contribution in [-0.2, 0) is 45.8 Å². The van der Waals surface area contributed by atoms with Crippen molar-refractivity contribution in [2.45, 2.75) is 80.4 Å². The van der Waals surface area contributed by atoms with E-state index in [1.165, 1.54) is 27.8 Å². The van der Waals surface area contributed by atoms with E-state index in [0.29, 0.717) is 32.7 Å². The average molecular weight is 1210 g/mol. The lowest BCUT2D eigenvalue weighted by molar-refractivity contribution is 0.0871. The van der Waals surface area contributed by atoms with E-state index < -0.39 is 0 Å². The zero-order valence-corrected chi connectivity index (χ0v) is 53.6. The Balaban J connectivity index is 0.000000142. The quantitative estimate of drug-likeness (QED) is 0.104. The van der Waals surface area contributed by atoms with E-state index in [4.69, 9.17) is 56.8 Å². The minimum Gasteiger partial charge on any atom is -0.507 e. The Bertz CT molecular complexity index is 3690. The number of benzene rings is 8. The largest absolute Gasteiger partial charge is 0.507 e. The number of phenols is 1. The Morgan fingerprint density at radius 2 is 0.764 bits per heavy atom. The molecular weight excluding hydrogens is 1130 g/mol. The molecule has 17 nitrogen and oxygen atoms in total. The van der Waals surface area contributed by atoms with Crippen LogP contribution in [-0.4, -0.2) is 104 Å². The molecule has 4 aliphatic heterocycles. The van der Waals surface area contributed by atoms with Gasteiger partial charge in [-0.05, 0) is 159 Å². The van der Waals surface area contributed by atoms with Gasteiger partial charge in [0.2, 0.25) is 0 Å². The standard InChI is InChI=1S/C20H25NO4.C18H21NO4.C18H21NO3.C16H17NO2/c1-12-13(2)20-16(14(3)19(12)22)10-21(11-25-20)9-15-6-7-17(23-4)18(8-15)24-5;1-20-15-5-7-16-14(9-15)11-19(12-23-16)10-13-4-6-17(21-2)18(8-13)22-3;1-13-4-6-16-15(8-13)11-19(12-22-16)10-14-5-7-17(20-2)18(9-14)21-3;1-12-3-8-16-13(9-12)10-17(11-19-16)14-4-6-15(18-2)7-5-14/h6-8,22H,9-11H2,1-5H3;4-9H,10-12H2,1-3H3;4-9H,10-12H2,1-3H3;3-9H,10-11H2,1-2H3. The van der Waals surface area contributed by atoms with Crippen LogP contribution < -0.4 is 61.7 Å². The first-order valence-electron chi connectivity index (χ1n) is 29.5. The highest BCUT2D eigenvalue weighted by molar-refractivity contribution is 5.58. The van der Waals surface area contributed by atoms with Crippen LogP contribution in [0.1, 0.15) is 66.8 Å². The number of ether oxygens (including phenoxy) is 12. The number of hydrogen-bond donors (Lipinski definition) is 1. The normalized spacial score (nSPS) is 13.9. The van der Waals surface area contributed by atoms with E-state index in [-0.39, 0.29) is 0 Å². The summed E-state index contributed by atoms with van der Waals surface area (Å²) in [5.41, 5.74) is 14.6. The highest BCUT2D eigenvalue weighted by Gasteiger charge is 2.26. The highest BCUT2D eigenvalue weighted by atomic mass is 16.5. The topological polar surface area (TPSA) is 144 Å².